The van der Waals surface area contributed by atoms with Crippen molar-refractivity contribution in [1.29, 1.82) is 0 Å². The maximum Gasteiger partial charge on any atom is 0.336 e. The van der Waals surface area contributed by atoms with Crippen molar-refractivity contribution < 1.29 is 81.7 Å². The lowest BCUT2D eigenvalue weighted by Gasteiger charge is -2.37. The molecule has 7 rings (SSSR count). The Hall–Kier alpha value is -7.16. The number of carboxylic acids is 4. The van der Waals surface area contributed by atoms with Crippen LogP contribution >= 0.6 is 0 Å². The molecule has 3 heterocycles. The molecule has 1 aliphatic rings. The number of hydrogen-bond acceptors (Lipinski definition) is 15. The van der Waals surface area contributed by atoms with E-state index < -0.39 is 35.0 Å². The molecule has 1 aliphatic heterocycles. The van der Waals surface area contributed by atoms with Crippen LogP contribution in [-0.2, 0) is 23.8 Å². The summed E-state index contributed by atoms with van der Waals surface area (Å²) in [4.78, 5) is 54.0. The lowest BCUT2D eigenvalue weighted by atomic mass is 10.0. The molecule has 0 saturated carbocycles. The number of benzene rings is 4. The highest BCUT2D eigenvalue weighted by Gasteiger charge is 2.28. The summed E-state index contributed by atoms with van der Waals surface area (Å²) in [7, 11) is 2.95. The first-order chi connectivity index (χ1) is 31.0. The number of carbonyl (C=O) groups is 4. The van der Waals surface area contributed by atoms with Gasteiger partial charge < -0.3 is 57.7 Å². The van der Waals surface area contributed by atoms with Crippen LogP contribution in [0.3, 0.4) is 0 Å². The molecule has 6 aromatic rings. The van der Waals surface area contributed by atoms with E-state index in [4.69, 9.17) is 42.1 Å². The van der Waals surface area contributed by atoms with Gasteiger partial charge in [0, 0.05) is 53.9 Å². The van der Waals surface area contributed by atoms with Crippen molar-refractivity contribution in [3.05, 3.63) is 95.1 Å². The summed E-state index contributed by atoms with van der Waals surface area (Å²) < 4.78 is 47.9. The Morgan fingerprint density at radius 1 is 0.500 bits per heavy atom. The van der Waals surface area contributed by atoms with Crippen LogP contribution in [-0.4, -0.2) is 118 Å². The number of methoxy groups -OCH3 is 2. The first-order valence-electron chi connectivity index (χ1n) is 19.9. The Morgan fingerprint density at radius 3 is 1.41 bits per heavy atom. The fraction of sp³-hybridized carbons (Fsp3) is 0.289. The predicted molar refractivity (Wildman–Crippen MR) is 228 cm³/mol. The summed E-state index contributed by atoms with van der Waals surface area (Å²) >= 11 is 0. The lowest BCUT2D eigenvalue weighted by molar-refractivity contribution is 0.0000201. The summed E-state index contributed by atoms with van der Waals surface area (Å²) in [5.41, 5.74) is 0.457. The van der Waals surface area contributed by atoms with E-state index >= 15 is 0 Å². The van der Waals surface area contributed by atoms with Gasteiger partial charge in [0.25, 0.3) is 0 Å². The molecule has 1 fully saturated rings. The summed E-state index contributed by atoms with van der Waals surface area (Å²) in [5.74, 6) is -4.44. The Kier molecular flexibility index (Phi) is 14.3. The first kappa shape index (κ1) is 44.9. The van der Waals surface area contributed by atoms with Gasteiger partial charge in [0.15, 0.2) is 0 Å². The Bertz CT molecular complexity index is 2490. The van der Waals surface area contributed by atoms with Gasteiger partial charge >= 0.3 is 23.9 Å². The fourth-order valence-electron chi connectivity index (χ4n) is 6.97. The van der Waals surface area contributed by atoms with Crippen LogP contribution in [0.15, 0.2) is 81.6 Å². The van der Waals surface area contributed by atoms with Crippen LogP contribution in [0.1, 0.15) is 54.3 Å². The molecule has 0 spiro atoms. The lowest BCUT2D eigenvalue weighted by Crippen LogP contribution is -2.45. The zero-order valence-electron chi connectivity index (χ0n) is 34.7. The van der Waals surface area contributed by atoms with E-state index in [-0.39, 0.29) is 49.2 Å². The Labute approximate surface area is 364 Å². The minimum atomic E-state index is -1.41. The quantitative estimate of drug-likeness (QED) is 0.105. The number of furan rings is 2. The Morgan fingerprint density at radius 2 is 0.938 bits per heavy atom. The van der Waals surface area contributed by atoms with E-state index in [1.54, 1.807) is 41.4 Å². The SMILES string of the molecule is COc1cc2cc(-c3ccc(C(=O)O)c(C(=O)O)c3)oc2cc1N1COCCCOCCOCCCOCCON1c1cc2oc(-c3ccc(C(=O)O)c(C(=O)O)c3)cc2cc1OC. The topological polar surface area (TPSA) is 247 Å². The second-order valence-corrected chi connectivity index (χ2v) is 14.2. The molecule has 2 aromatic heterocycles. The van der Waals surface area contributed by atoms with Crippen LogP contribution in [0.25, 0.3) is 44.6 Å². The van der Waals surface area contributed by atoms with Crippen LogP contribution in [0, 0.1) is 0 Å². The Balaban J connectivity index is 1.34. The number of hydrazine groups is 1. The number of nitrogens with zero attached hydrogens (tertiary/aromatic N) is 2. The van der Waals surface area contributed by atoms with E-state index in [1.807, 2.05) is 0 Å². The maximum absolute atomic E-state index is 12.0. The molecule has 19 nitrogen and oxygen atoms in total. The van der Waals surface area contributed by atoms with Gasteiger partial charge in [0.1, 0.15) is 58.9 Å². The minimum absolute atomic E-state index is 0.0252. The van der Waals surface area contributed by atoms with E-state index in [9.17, 15) is 39.6 Å². The number of carboxylic acid groups (broad SMARTS) is 4. The minimum Gasteiger partial charge on any atom is -0.494 e. The number of hydrogen-bond donors (Lipinski definition) is 4. The van der Waals surface area contributed by atoms with Gasteiger partial charge in [0.05, 0.1) is 62.9 Å². The molecule has 64 heavy (non-hydrogen) atoms. The molecule has 0 unspecified atom stereocenters. The monoisotopic (exact) mass is 884 g/mol. The summed E-state index contributed by atoms with van der Waals surface area (Å²) in [6.07, 6.45) is 1.19. The van der Waals surface area contributed by atoms with Gasteiger partial charge in [0.2, 0.25) is 0 Å². The van der Waals surface area contributed by atoms with Crippen LogP contribution in [0.2, 0.25) is 0 Å². The van der Waals surface area contributed by atoms with Crippen molar-refractivity contribution in [2.75, 3.05) is 84.0 Å². The van der Waals surface area contributed by atoms with E-state index in [0.29, 0.717) is 102 Å². The zero-order chi connectivity index (χ0) is 45.3. The predicted octanol–water partition coefficient (Wildman–Crippen LogP) is 7.30. The summed E-state index contributed by atoms with van der Waals surface area (Å²) in [5, 5.41) is 42.9. The number of aromatic carboxylic acids is 4. The van der Waals surface area contributed by atoms with Gasteiger partial charge in [-0.2, -0.15) is 5.17 Å². The molecule has 0 bridgehead atoms. The molecule has 0 aliphatic carbocycles. The number of anilines is 2. The van der Waals surface area contributed by atoms with E-state index in [2.05, 4.69) is 0 Å². The molecular weight excluding hydrogens is 840 g/mol. The number of fused-ring (bicyclic) bond motifs is 2. The van der Waals surface area contributed by atoms with E-state index in [1.165, 1.54) is 55.8 Å². The van der Waals surface area contributed by atoms with Gasteiger partial charge in [-0.3, -0.25) is 4.84 Å². The molecule has 0 amide bonds. The largest absolute Gasteiger partial charge is 0.494 e. The number of ether oxygens (including phenoxy) is 6. The standard InChI is InChI=1S/C45H44N2O17/c1-56-40-21-28-19-36(26-5-7-30(42(48)49)32(17-26)44(52)53)63-38(28)23-34(40)46-25-61-12-4-11-59-14-13-58-9-3-10-60-15-16-62-47(46)35-24-39-29(22-41(35)57-2)20-37(64-39)27-6-8-31(43(50)51)33(18-27)45(54)55/h5-8,17-24H,3-4,9-16,25H2,1-2H3,(H,48,49)(H,50,51)(H,52,53)(H,54,55). The van der Waals surface area contributed by atoms with Crippen LogP contribution in [0.4, 0.5) is 11.4 Å². The van der Waals surface area contributed by atoms with Gasteiger partial charge in [-0.1, -0.05) is 12.1 Å². The molecule has 336 valence electrons. The highest BCUT2D eigenvalue weighted by Crippen LogP contribution is 2.43. The molecular formula is C45H44N2O17. The highest BCUT2D eigenvalue weighted by molar-refractivity contribution is 6.04. The van der Waals surface area contributed by atoms with Crippen LogP contribution < -0.4 is 19.7 Å². The average molecular weight is 885 g/mol. The average Bonchev–Trinajstić information content (AvgIpc) is 3.91. The normalized spacial score (nSPS) is 15.1. The third kappa shape index (κ3) is 10.0. The maximum atomic E-state index is 12.0. The molecule has 4 aromatic carbocycles. The second kappa shape index (κ2) is 20.4. The third-order valence-corrected chi connectivity index (χ3v) is 10.1. The van der Waals surface area contributed by atoms with Gasteiger partial charge in [-0.15, -0.1) is 0 Å². The van der Waals surface area contributed by atoms with Gasteiger partial charge in [-0.05, 0) is 61.4 Å². The van der Waals surface area contributed by atoms with Crippen molar-refractivity contribution in [2.24, 2.45) is 0 Å². The van der Waals surface area contributed by atoms with E-state index in [0.717, 1.165) is 0 Å². The number of rotatable bonds is 10. The molecule has 19 heteroatoms. The second-order valence-electron chi connectivity index (χ2n) is 14.2. The zero-order valence-corrected chi connectivity index (χ0v) is 34.7. The summed E-state index contributed by atoms with van der Waals surface area (Å²) in [6, 6.07) is 17.9. The van der Waals surface area contributed by atoms with Crippen molar-refractivity contribution >= 4 is 57.2 Å². The highest BCUT2D eigenvalue weighted by atomic mass is 16.7. The van der Waals surface area contributed by atoms with Gasteiger partial charge in [-0.25, -0.2) is 24.2 Å². The molecule has 4 N–H and O–H groups in total. The first-order valence-corrected chi connectivity index (χ1v) is 19.9. The van der Waals surface area contributed by atoms with Crippen molar-refractivity contribution in [2.45, 2.75) is 12.8 Å². The summed E-state index contributed by atoms with van der Waals surface area (Å²) in [6.45, 7) is 2.47. The molecule has 0 atom stereocenters. The molecule has 0 radical (unpaired) electrons. The van der Waals surface area contributed by atoms with Crippen molar-refractivity contribution in [3.8, 4) is 34.1 Å². The smallest absolute Gasteiger partial charge is 0.336 e. The van der Waals surface area contributed by atoms with Crippen molar-refractivity contribution in [1.82, 2.24) is 0 Å². The molecule has 1 saturated heterocycles. The van der Waals surface area contributed by atoms with Crippen molar-refractivity contribution in [3.63, 3.8) is 0 Å². The third-order valence-electron chi connectivity index (χ3n) is 10.1. The van der Waals surface area contributed by atoms with Crippen LogP contribution in [0.5, 0.6) is 11.5 Å². The fourth-order valence-corrected chi connectivity index (χ4v) is 6.97.